The molecule has 0 saturated heterocycles. The number of carbonyl (C=O) groups is 1. The minimum Gasteiger partial charge on any atom is -0.490 e. The first-order valence-corrected chi connectivity index (χ1v) is 4.31. The molecule has 0 bridgehead atoms. The lowest BCUT2D eigenvalue weighted by molar-refractivity contribution is 0.0695. The molecule has 0 aliphatic carbocycles. The second kappa shape index (κ2) is 6.74. The van der Waals surface area contributed by atoms with Crippen LogP contribution >= 0.6 is 0 Å². The van der Waals surface area contributed by atoms with Gasteiger partial charge in [0.1, 0.15) is 0 Å². The van der Waals surface area contributed by atoms with Gasteiger partial charge in [0.15, 0.2) is 11.5 Å². The van der Waals surface area contributed by atoms with Gasteiger partial charge < -0.3 is 19.3 Å². The van der Waals surface area contributed by atoms with Crippen LogP contribution in [0.4, 0.5) is 0 Å². The molecule has 0 radical (unpaired) electrons. The standard InChI is InChI=1S/C13H18O5/c1-4-16-10-7-9(13(14)15)8-11(17-5-2)12(10)18-6-3/h7-8H,4-6H2,1-3H3,(H,14,15)/i1D3,2D3,3D3,4D2,5D2,6D2. The zero-order chi connectivity index (χ0) is 26.4. The van der Waals surface area contributed by atoms with Crippen molar-refractivity contribution in [3.05, 3.63) is 17.7 Å². The van der Waals surface area contributed by atoms with Crippen LogP contribution in [-0.4, -0.2) is 30.8 Å². The highest BCUT2D eigenvalue weighted by molar-refractivity contribution is 5.89. The molecular formula is C13H18O5. The summed E-state index contributed by atoms with van der Waals surface area (Å²) in [5.74, 6) is -5.48. The molecule has 0 atom stereocenters. The first kappa shape index (κ1) is 3.79. The first-order chi connectivity index (χ1) is 14.3. The third-order valence-corrected chi connectivity index (χ3v) is 1.74. The van der Waals surface area contributed by atoms with Crippen molar-refractivity contribution in [2.45, 2.75) is 20.6 Å². The molecule has 1 aromatic rings. The predicted molar refractivity (Wildman–Crippen MR) is 66.9 cm³/mol. The summed E-state index contributed by atoms with van der Waals surface area (Å²) in [7, 11) is 0. The zero-order valence-electron chi connectivity index (χ0n) is 23.7. The molecule has 0 amide bonds. The summed E-state index contributed by atoms with van der Waals surface area (Å²) < 4.78 is 124. The number of hydrogen-bond donors (Lipinski definition) is 1. The Bertz CT molecular complexity index is 835. The van der Waals surface area contributed by atoms with E-state index in [4.69, 9.17) is 25.3 Å². The Morgan fingerprint density at radius 1 is 1.17 bits per heavy atom. The van der Waals surface area contributed by atoms with Crippen LogP contribution in [0, 0.1) is 0 Å². The number of ether oxygens (including phenoxy) is 3. The van der Waals surface area contributed by atoms with Crippen LogP contribution in [-0.2, 0) is 0 Å². The van der Waals surface area contributed by atoms with E-state index in [1.165, 1.54) is 0 Å². The Morgan fingerprint density at radius 3 is 2.11 bits per heavy atom. The highest BCUT2D eigenvalue weighted by atomic mass is 16.5. The zero-order valence-corrected chi connectivity index (χ0v) is 8.73. The second-order valence-electron chi connectivity index (χ2n) is 2.72. The Kier molecular flexibility index (Phi) is 1.42. The van der Waals surface area contributed by atoms with Crippen molar-refractivity contribution < 1.29 is 44.7 Å². The molecule has 100 valence electrons. The second-order valence-corrected chi connectivity index (χ2v) is 2.72. The summed E-state index contributed by atoms with van der Waals surface area (Å²) in [6, 6.07) is 0.878. The van der Waals surface area contributed by atoms with Crippen LogP contribution in [0.2, 0.25) is 0 Å². The molecule has 0 spiro atoms. The highest BCUT2D eigenvalue weighted by Gasteiger charge is 2.17. The fourth-order valence-corrected chi connectivity index (χ4v) is 1.11. The monoisotopic (exact) mass is 269 g/mol. The minimum atomic E-state index is -3.62. The maximum absolute atomic E-state index is 11.5. The molecular weight excluding hydrogens is 236 g/mol. The van der Waals surface area contributed by atoms with Crippen LogP contribution < -0.4 is 14.2 Å². The van der Waals surface area contributed by atoms with Crippen LogP contribution in [0.5, 0.6) is 17.2 Å². The number of hydrogen-bond acceptors (Lipinski definition) is 4. The summed E-state index contributed by atoms with van der Waals surface area (Å²) in [4.78, 5) is 11.5. The van der Waals surface area contributed by atoms with Crippen LogP contribution in [0.25, 0.3) is 0 Å². The van der Waals surface area contributed by atoms with Crippen molar-refractivity contribution in [1.29, 1.82) is 0 Å². The average Bonchev–Trinajstić information content (AvgIpc) is 2.53. The largest absolute Gasteiger partial charge is 0.490 e. The number of carboxylic acid groups (broad SMARTS) is 1. The fraction of sp³-hybridized carbons (Fsp3) is 0.462. The number of benzene rings is 1. The smallest absolute Gasteiger partial charge is 0.335 e. The predicted octanol–water partition coefficient (Wildman–Crippen LogP) is 2.58. The maximum atomic E-state index is 11.5. The van der Waals surface area contributed by atoms with E-state index < -0.39 is 69.0 Å². The molecule has 0 fully saturated rings. The third-order valence-electron chi connectivity index (χ3n) is 1.74. The topological polar surface area (TPSA) is 65.0 Å². The third kappa shape index (κ3) is 3.29. The van der Waals surface area contributed by atoms with E-state index in [2.05, 4.69) is 9.47 Å². The van der Waals surface area contributed by atoms with E-state index in [-0.39, 0.29) is 0 Å². The van der Waals surface area contributed by atoms with Gasteiger partial charge in [-0.05, 0) is 32.7 Å². The van der Waals surface area contributed by atoms with Gasteiger partial charge in [-0.1, -0.05) is 0 Å². The lowest BCUT2D eigenvalue weighted by Crippen LogP contribution is -2.05. The lowest BCUT2D eigenvalue weighted by Gasteiger charge is -2.16. The first-order valence-electron chi connectivity index (χ1n) is 11.8. The quantitative estimate of drug-likeness (QED) is 0.824. The van der Waals surface area contributed by atoms with Crippen molar-refractivity contribution in [3.63, 3.8) is 0 Å². The maximum Gasteiger partial charge on any atom is 0.335 e. The molecule has 0 saturated carbocycles. The van der Waals surface area contributed by atoms with E-state index in [9.17, 15) is 9.90 Å². The van der Waals surface area contributed by atoms with Crippen molar-refractivity contribution >= 4 is 5.97 Å². The molecule has 0 aliphatic rings. The summed E-state index contributed by atoms with van der Waals surface area (Å²) in [5, 5.41) is 9.28. The highest BCUT2D eigenvalue weighted by Crippen LogP contribution is 2.39. The number of carboxylic acids is 1. The van der Waals surface area contributed by atoms with Gasteiger partial charge in [0.25, 0.3) is 0 Å². The molecule has 5 heteroatoms. The van der Waals surface area contributed by atoms with E-state index in [0.29, 0.717) is 12.1 Å². The Hall–Kier alpha value is -1.91. The lowest BCUT2D eigenvalue weighted by atomic mass is 10.2. The molecule has 0 unspecified atom stereocenters. The fourth-order valence-electron chi connectivity index (χ4n) is 1.11. The number of rotatable bonds is 7. The molecule has 1 rings (SSSR count). The Labute approximate surface area is 127 Å². The van der Waals surface area contributed by atoms with E-state index >= 15 is 0 Å². The Morgan fingerprint density at radius 2 is 1.67 bits per heavy atom. The van der Waals surface area contributed by atoms with Crippen molar-refractivity contribution in [1.82, 2.24) is 0 Å². The van der Waals surface area contributed by atoms with E-state index in [1.54, 1.807) is 0 Å². The summed E-state index contributed by atoms with van der Waals surface area (Å²) in [6.45, 7) is -21.3. The molecule has 0 aromatic heterocycles. The van der Waals surface area contributed by atoms with E-state index in [1.807, 2.05) is 0 Å². The molecule has 1 N–H and O–H groups in total. The van der Waals surface area contributed by atoms with Gasteiger partial charge in [0.05, 0.1) is 33.5 Å². The number of aromatic carboxylic acids is 1. The van der Waals surface area contributed by atoms with Crippen LogP contribution in [0.3, 0.4) is 0 Å². The van der Waals surface area contributed by atoms with Crippen LogP contribution in [0.15, 0.2) is 12.1 Å². The van der Waals surface area contributed by atoms with Crippen molar-refractivity contribution in [2.24, 2.45) is 0 Å². The normalized spacial score (nSPS) is 26.8. The molecule has 0 heterocycles. The van der Waals surface area contributed by atoms with Gasteiger partial charge >= 0.3 is 5.97 Å². The molecule has 18 heavy (non-hydrogen) atoms. The van der Waals surface area contributed by atoms with Crippen molar-refractivity contribution in [2.75, 3.05) is 19.7 Å². The van der Waals surface area contributed by atoms with Crippen LogP contribution in [0.1, 0.15) is 51.5 Å². The SMILES string of the molecule is [2H]C([2H])([2H])C([2H])([2H])Oc1cc(C(=O)O)cc(OC([2H])([2H])C([2H])([2H])[2H])c1OC([2H])([2H])C([2H])([2H])[2H]. The minimum absolute atomic E-state index is 0.439. The molecule has 1 aromatic carbocycles. The summed E-state index contributed by atoms with van der Waals surface area (Å²) in [6.07, 6.45) is 0. The van der Waals surface area contributed by atoms with Gasteiger partial charge in [-0.15, -0.1) is 0 Å². The summed E-state index contributed by atoms with van der Waals surface area (Å²) in [5.41, 5.74) is -0.871. The molecule has 0 aliphatic heterocycles. The van der Waals surface area contributed by atoms with Gasteiger partial charge in [0.2, 0.25) is 5.75 Å². The average molecular weight is 269 g/mol. The molecule has 5 nitrogen and oxygen atoms in total. The van der Waals surface area contributed by atoms with Gasteiger partial charge in [-0.2, -0.15) is 0 Å². The Balaban J connectivity index is 3.90. The van der Waals surface area contributed by atoms with Gasteiger partial charge in [-0.25, -0.2) is 4.79 Å². The summed E-state index contributed by atoms with van der Waals surface area (Å²) >= 11 is 0. The van der Waals surface area contributed by atoms with Gasteiger partial charge in [-0.3, -0.25) is 0 Å². The van der Waals surface area contributed by atoms with Gasteiger partial charge in [0, 0.05) is 12.3 Å². The van der Waals surface area contributed by atoms with E-state index in [0.717, 1.165) is 0 Å². The van der Waals surface area contributed by atoms with Crippen molar-refractivity contribution in [3.8, 4) is 17.2 Å².